The first-order valence-electron chi connectivity index (χ1n) is 14.5. The molecule has 1 N–H and O–H groups in total. The fourth-order valence-corrected chi connectivity index (χ4v) is 6.88. The van der Waals surface area contributed by atoms with Gasteiger partial charge in [0.15, 0.2) is 0 Å². The molecule has 2 fully saturated rings. The van der Waals surface area contributed by atoms with Gasteiger partial charge in [-0.05, 0) is 67.8 Å². The van der Waals surface area contributed by atoms with Gasteiger partial charge in [0.2, 0.25) is 0 Å². The molecule has 3 heterocycles. The second-order valence-electron chi connectivity index (χ2n) is 12.1. The number of amides is 1. The molecule has 3 aliphatic rings. The third-order valence-electron chi connectivity index (χ3n) is 9.09. The van der Waals surface area contributed by atoms with Crippen molar-refractivity contribution in [2.24, 2.45) is 7.05 Å². The maximum absolute atomic E-state index is 14.4. The number of halogens is 3. The zero-order chi connectivity index (χ0) is 30.5. The Hall–Kier alpha value is -3.72. The zero-order valence-electron chi connectivity index (χ0n) is 24.5. The highest BCUT2D eigenvalue weighted by Crippen LogP contribution is 2.47. The predicted octanol–water partition coefficient (Wildman–Crippen LogP) is 4.08. The van der Waals surface area contributed by atoms with E-state index >= 15 is 0 Å². The van der Waals surface area contributed by atoms with E-state index < -0.39 is 23.8 Å². The number of rotatable bonds is 7. The number of carbonyl (C=O) groups excluding carboxylic acids is 1. The third kappa shape index (κ3) is 5.55. The second-order valence-corrected chi connectivity index (χ2v) is 12.1. The molecule has 0 bridgehead atoms. The van der Waals surface area contributed by atoms with Crippen molar-refractivity contribution in [3.05, 3.63) is 76.4 Å². The number of alkyl halides is 3. The Kier molecular flexibility index (Phi) is 7.57. The van der Waals surface area contributed by atoms with Crippen LogP contribution in [0.5, 0.6) is 0 Å². The minimum atomic E-state index is -4.61. The number of nitrogens with one attached hydrogen (secondary N) is 1. The highest BCUT2D eigenvalue weighted by molar-refractivity contribution is 6.10. The minimum Gasteiger partial charge on any atom is -0.360 e. The highest BCUT2D eigenvalue weighted by Gasteiger charge is 2.46. The van der Waals surface area contributed by atoms with Crippen molar-refractivity contribution in [3.8, 4) is 12.3 Å². The molecule has 2 aromatic carbocycles. The van der Waals surface area contributed by atoms with Crippen molar-refractivity contribution in [1.82, 2.24) is 25.0 Å². The van der Waals surface area contributed by atoms with Crippen molar-refractivity contribution in [1.29, 1.82) is 0 Å². The van der Waals surface area contributed by atoms with Crippen LogP contribution in [-0.4, -0.2) is 64.0 Å². The fourth-order valence-electron chi connectivity index (χ4n) is 6.88. The van der Waals surface area contributed by atoms with Crippen molar-refractivity contribution >= 4 is 11.6 Å². The zero-order valence-corrected chi connectivity index (χ0v) is 24.5. The number of anilines is 1. The Morgan fingerprint density at radius 1 is 1.21 bits per heavy atom. The van der Waals surface area contributed by atoms with Crippen molar-refractivity contribution in [2.45, 2.75) is 69.1 Å². The molecule has 6 rings (SSSR count). The summed E-state index contributed by atoms with van der Waals surface area (Å²) in [5.74, 6) is 3.01. The van der Waals surface area contributed by atoms with Gasteiger partial charge in [-0.25, -0.2) is 0 Å². The summed E-state index contributed by atoms with van der Waals surface area (Å²) in [5, 5.41) is 11.7. The Morgan fingerprint density at radius 2 is 2.00 bits per heavy atom. The summed E-state index contributed by atoms with van der Waals surface area (Å²) in [6.07, 6.45) is 4.46. The molecule has 43 heavy (non-hydrogen) atoms. The first-order chi connectivity index (χ1) is 20.5. The average molecular weight is 593 g/mol. The molecule has 0 unspecified atom stereocenters. The summed E-state index contributed by atoms with van der Waals surface area (Å²) in [4.78, 5) is 17.2. The van der Waals surface area contributed by atoms with Crippen molar-refractivity contribution < 1.29 is 22.7 Å². The van der Waals surface area contributed by atoms with Crippen LogP contribution in [0.15, 0.2) is 42.7 Å². The number of hydrogen-bond acceptors (Lipinski definition) is 6. The number of benzene rings is 2. The molecule has 11 heteroatoms. The monoisotopic (exact) mass is 592 g/mol. The quantitative estimate of drug-likeness (QED) is 0.417. The summed E-state index contributed by atoms with van der Waals surface area (Å²) in [7, 11) is 3.85. The Bertz CT molecular complexity index is 1570. The number of hydrogen-bond donors (Lipinski definition) is 1. The lowest BCUT2D eigenvalue weighted by atomic mass is 9.59. The third-order valence-corrected chi connectivity index (χ3v) is 9.09. The maximum Gasteiger partial charge on any atom is 0.416 e. The van der Waals surface area contributed by atoms with Gasteiger partial charge in [0.05, 0.1) is 18.2 Å². The lowest BCUT2D eigenvalue weighted by Gasteiger charge is -2.48. The standard InChI is InChI=1S/C32H35F3N6O2/c1-5-25-17-40(15-20(2)43-25)16-21-9-26-27(28(10-21)32(33,34)35)18-41(30(26)42)24-8-6-7-22(11-24)31(12-23(13-31)36-3)14-29-38-37-19-39(29)4/h1,6-11,19-20,23,25,36H,12-18H2,2-4H3/t20-,23?,25+,31?/m0/s1. The van der Waals surface area contributed by atoms with Crippen LogP contribution in [-0.2, 0) is 42.9 Å². The molecule has 1 saturated heterocycles. The summed E-state index contributed by atoms with van der Waals surface area (Å²) >= 11 is 0. The van der Waals surface area contributed by atoms with Gasteiger partial charge in [-0.1, -0.05) is 18.1 Å². The number of aryl methyl sites for hydroxylation is 1. The minimum absolute atomic E-state index is 0.0104. The molecule has 2 atom stereocenters. The lowest BCUT2D eigenvalue weighted by molar-refractivity contribution is -0.138. The van der Waals surface area contributed by atoms with Crippen molar-refractivity contribution in [2.75, 3.05) is 25.0 Å². The Balaban J connectivity index is 1.31. The van der Waals surface area contributed by atoms with Crippen LogP contribution in [0.25, 0.3) is 0 Å². The van der Waals surface area contributed by atoms with E-state index in [9.17, 15) is 18.0 Å². The molecular formula is C32H35F3N6O2. The normalized spacial score (nSPS) is 25.8. The lowest BCUT2D eigenvalue weighted by Crippen LogP contribution is -2.52. The topological polar surface area (TPSA) is 75.5 Å². The van der Waals surface area contributed by atoms with E-state index in [1.165, 1.54) is 11.0 Å². The van der Waals surface area contributed by atoms with Crippen LogP contribution < -0.4 is 10.2 Å². The molecule has 8 nitrogen and oxygen atoms in total. The van der Waals surface area contributed by atoms with Gasteiger partial charge in [-0.3, -0.25) is 9.69 Å². The average Bonchev–Trinajstić information content (AvgIpc) is 3.51. The van der Waals surface area contributed by atoms with E-state index in [4.69, 9.17) is 11.2 Å². The summed E-state index contributed by atoms with van der Waals surface area (Å²) < 4.78 is 50.8. The smallest absolute Gasteiger partial charge is 0.360 e. The summed E-state index contributed by atoms with van der Waals surface area (Å²) in [6, 6.07) is 10.8. The van der Waals surface area contributed by atoms with E-state index in [-0.39, 0.29) is 35.7 Å². The molecule has 1 saturated carbocycles. The molecule has 1 amide bonds. The Morgan fingerprint density at radius 3 is 2.67 bits per heavy atom. The molecule has 1 aliphatic carbocycles. The number of aromatic nitrogens is 3. The second kappa shape index (κ2) is 11.1. The van der Waals surface area contributed by atoms with E-state index in [0.717, 1.165) is 24.2 Å². The van der Waals surface area contributed by atoms with Crippen LogP contribution >= 0.6 is 0 Å². The van der Waals surface area contributed by atoms with Crippen LogP contribution in [0.3, 0.4) is 0 Å². The van der Waals surface area contributed by atoms with Gasteiger partial charge < -0.3 is 19.5 Å². The van der Waals surface area contributed by atoms with Crippen LogP contribution in [0.1, 0.15) is 58.2 Å². The van der Waals surface area contributed by atoms with Crippen LogP contribution in [0, 0.1) is 12.3 Å². The SMILES string of the molecule is C#C[C@@H]1CN(Cc2cc3c(c(C(F)(F)F)c2)CN(c2cccc(C4(Cc5nncn5C)CC(NC)C4)c2)C3=O)C[C@H](C)O1. The molecule has 0 spiro atoms. The fraction of sp³-hybridized carbons (Fsp3) is 0.469. The molecule has 3 aromatic rings. The number of terminal acetylenes is 1. The maximum atomic E-state index is 14.4. The molecule has 2 aliphatic heterocycles. The van der Waals surface area contributed by atoms with E-state index in [0.29, 0.717) is 36.8 Å². The van der Waals surface area contributed by atoms with Gasteiger partial charge in [0.1, 0.15) is 18.3 Å². The van der Waals surface area contributed by atoms with Crippen LogP contribution in [0.2, 0.25) is 0 Å². The Labute approximate surface area is 249 Å². The van der Waals surface area contributed by atoms with E-state index in [1.54, 1.807) is 18.5 Å². The van der Waals surface area contributed by atoms with Crippen LogP contribution in [0.4, 0.5) is 18.9 Å². The predicted molar refractivity (Wildman–Crippen MR) is 155 cm³/mol. The molecule has 0 radical (unpaired) electrons. The highest BCUT2D eigenvalue weighted by atomic mass is 19.4. The first-order valence-corrected chi connectivity index (χ1v) is 14.5. The number of morpholine rings is 1. The van der Waals surface area contributed by atoms with E-state index in [2.05, 4.69) is 21.4 Å². The van der Waals surface area contributed by atoms with Gasteiger partial charge in [-0.2, -0.15) is 13.2 Å². The molecule has 1 aromatic heterocycles. The largest absolute Gasteiger partial charge is 0.416 e. The summed E-state index contributed by atoms with van der Waals surface area (Å²) in [6.45, 7) is 2.93. The van der Waals surface area contributed by atoms with Gasteiger partial charge in [-0.15, -0.1) is 16.6 Å². The van der Waals surface area contributed by atoms with Gasteiger partial charge in [0, 0.05) is 55.8 Å². The molecular weight excluding hydrogens is 557 g/mol. The van der Waals surface area contributed by atoms with E-state index in [1.807, 2.05) is 48.7 Å². The number of fused-ring (bicyclic) bond motifs is 1. The molecule has 226 valence electrons. The number of ether oxygens (including phenoxy) is 1. The van der Waals surface area contributed by atoms with Crippen molar-refractivity contribution in [3.63, 3.8) is 0 Å². The van der Waals surface area contributed by atoms with Gasteiger partial charge >= 0.3 is 6.18 Å². The number of carbonyl (C=O) groups is 1. The summed E-state index contributed by atoms with van der Waals surface area (Å²) in [5.41, 5.74) is 1.15. The first kappa shape index (κ1) is 29.4. The van der Waals surface area contributed by atoms with Gasteiger partial charge in [0.25, 0.3) is 5.91 Å². The number of nitrogens with zero attached hydrogens (tertiary/aromatic N) is 5.